The second-order valence-corrected chi connectivity index (χ2v) is 9.92. The zero-order chi connectivity index (χ0) is 27.0. The highest BCUT2D eigenvalue weighted by molar-refractivity contribution is 6.30. The Labute approximate surface area is 224 Å². The SMILES string of the molecule is COc1c(C(=O)NC2CCN(C(=O)CO)CC2)n(C)c2c1c(=O)n(Cc1ccc(Cl)cc1)c1ccccc21. The van der Waals surface area contributed by atoms with Gasteiger partial charge < -0.3 is 29.2 Å². The van der Waals surface area contributed by atoms with Gasteiger partial charge in [-0.05, 0) is 36.6 Å². The number of aryl methyl sites for hydroxylation is 1. The highest BCUT2D eigenvalue weighted by Crippen LogP contribution is 2.35. The maximum atomic E-state index is 14.0. The Morgan fingerprint density at radius 1 is 1.11 bits per heavy atom. The molecule has 0 bridgehead atoms. The lowest BCUT2D eigenvalue weighted by atomic mass is 10.0. The standard InChI is InChI=1S/C28H29ClN4O5/c1-31-24-20-5-3-4-6-21(20)33(15-17-7-9-18(29)10-8-17)28(37)23(24)26(38-2)25(31)27(36)30-19-11-13-32(14-12-19)22(35)16-34/h3-10,19,34H,11-16H2,1-2H3,(H,30,36). The van der Waals surface area contributed by atoms with E-state index in [2.05, 4.69) is 5.32 Å². The molecule has 10 heteroatoms. The maximum Gasteiger partial charge on any atom is 0.272 e. The number of hydrogen-bond donors (Lipinski definition) is 2. The van der Waals surface area contributed by atoms with Gasteiger partial charge in [-0.3, -0.25) is 14.4 Å². The van der Waals surface area contributed by atoms with Crippen LogP contribution in [0.3, 0.4) is 0 Å². The van der Waals surface area contributed by atoms with Gasteiger partial charge in [0.05, 0.1) is 24.7 Å². The van der Waals surface area contributed by atoms with Crippen LogP contribution in [0.25, 0.3) is 21.8 Å². The molecule has 198 valence electrons. The second-order valence-electron chi connectivity index (χ2n) is 9.49. The lowest BCUT2D eigenvalue weighted by Gasteiger charge is -2.32. The molecule has 1 saturated heterocycles. The van der Waals surface area contributed by atoms with Gasteiger partial charge in [-0.15, -0.1) is 0 Å². The molecule has 0 saturated carbocycles. The number of aliphatic hydroxyl groups excluding tert-OH is 1. The number of piperidine rings is 1. The van der Waals surface area contributed by atoms with Gasteiger partial charge in [0.1, 0.15) is 12.0 Å². The molecule has 1 aliphatic rings. The third-order valence-electron chi connectivity index (χ3n) is 7.25. The number of benzene rings is 2. The van der Waals surface area contributed by atoms with Gasteiger partial charge in [-0.1, -0.05) is 41.9 Å². The van der Waals surface area contributed by atoms with Gasteiger partial charge >= 0.3 is 0 Å². The summed E-state index contributed by atoms with van der Waals surface area (Å²) >= 11 is 6.05. The molecule has 5 rings (SSSR count). The minimum atomic E-state index is -0.520. The molecule has 3 heterocycles. The monoisotopic (exact) mass is 536 g/mol. The van der Waals surface area contributed by atoms with E-state index in [0.29, 0.717) is 48.4 Å². The third kappa shape index (κ3) is 4.52. The Morgan fingerprint density at radius 3 is 2.45 bits per heavy atom. The number of carbonyl (C=O) groups excluding carboxylic acids is 2. The number of nitrogens with one attached hydrogen (secondary N) is 1. The van der Waals surface area contributed by atoms with Crippen LogP contribution in [0, 0.1) is 0 Å². The number of pyridine rings is 1. The first-order chi connectivity index (χ1) is 18.3. The van der Waals surface area contributed by atoms with Crippen molar-refractivity contribution in [2.24, 2.45) is 7.05 Å². The van der Waals surface area contributed by atoms with E-state index in [1.165, 1.54) is 7.11 Å². The minimum Gasteiger partial charge on any atom is -0.493 e. The van der Waals surface area contributed by atoms with Crippen LogP contribution in [0.15, 0.2) is 53.3 Å². The van der Waals surface area contributed by atoms with Crippen LogP contribution in [0.2, 0.25) is 5.02 Å². The summed E-state index contributed by atoms with van der Waals surface area (Å²) in [4.78, 5) is 40.9. The summed E-state index contributed by atoms with van der Waals surface area (Å²) in [5.41, 5.74) is 2.30. The van der Waals surface area contributed by atoms with E-state index in [4.69, 9.17) is 21.4 Å². The van der Waals surface area contributed by atoms with Crippen molar-refractivity contribution < 1.29 is 19.4 Å². The first-order valence-corrected chi connectivity index (χ1v) is 12.8. The summed E-state index contributed by atoms with van der Waals surface area (Å²) in [7, 11) is 3.22. The molecule has 0 unspecified atom stereocenters. The number of halogens is 1. The number of ether oxygens (including phenoxy) is 1. The van der Waals surface area contributed by atoms with Crippen molar-refractivity contribution in [3.63, 3.8) is 0 Å². The fraction of sp³-hybridized carbons (Fsp3) is 0.321. The molecular weight excluding hydrogens is 508 g/mol. The maximum absolute atomic E-state index is 14.0. The summed E-state index contributed by atoms with van der Waals surface area (Å²) in [5, 5.41) is 13.9. The number of amides is 2. The van der Waals surface area contributed by atoms with Crippen LogP contribution in [0.5, 0.6) is 5.75 Å². The molecular formula is C28H29ClN4O5. The van der Waals surface area contributed by atoms with E-state index in [1.54, 1.807) is 33.2 Å². The van der Waals surface area contributed by atoms with Crippen molar-refractivity contribution in [3.8, 4) is 5.75 Å². The number of carbonyl (C=O) groups is 2. The number of methoxy groups -OCH3 is 1. The van der Waals surface area contributed by atoms with E-state index in [-0.39, 0.29) is 34.9 Å². The summed E-state index contributed by atoms with van der Waals surface area (Å²) in [6.45, 7) is 0.720. The number of nitrogens with zero attached hydrogens (tertiary/aromatic N) is 3. The predicted molar refractivity (Wildman–Crippen MR) is 146 cm³/mol. The average molecular weight is 537 g/mol. The first kappa shape index (κ1) is 25.8. The van der Waals surface area contributed by atoms with E-state index in [1.807, 2.05) is 36.4 Å². The van der Waals surface area contributed by atoms with Crippen LogP contribution in [-0.2, 0) is 18.4 Å². The largest absolute Gasteiger partial charge is 0.493 e. The molecule has 38 heavy (non-hydrogen) atoms. The Balaban J connectivity index is 1.57. The third-order valence-corrected chi connectivity index (χ3v) is 7.50. The summed E-state index contributed by atoms with van der Waals surface area (Å²) in [6.07, 6.45) is 1.14. The topological polar surface area (TPSA) is 106 Å². The second kappa shape index (κ2) is 10.5. The lowest BCUT2D eigenvalue weighted by molar-refractivity contribution is -0.135. The normalized spacial score (nSPS) is 14.3. The molecule has 2 N–H and O–H groups in total. The quantitative estimate of drug-likeness (QED) is 0.394. The zero-order valence-electron chi connectivity index (χ0n) is 21.2. The molecule has 2 aromatic heterocycles. The summed E-state index contributed by atoms with van der Waals surface area (Å²) in [6, 6.07) is 14.8. The molecule has 2 aromatic carbocycles. The van der Waals surface area contributed by atoms with Crippen LogP contribution in [0.1, 0.15) is 28.9 Å². The first-order valence-electron chi connectivity index (χ1n) is 12.5. The van der Waals surface area contributed by atoms with Gasteiger partial charge in [-0.2, -0.15) is 0 Å². The Morgan fingerprint density at radius 2 is 1.79 bits per heavy atom. The van der Waals surface area contributed by atoms with Gasteiger partial charge in [0.25, 0.3) is 11.5 Å². The number of hydrogen-bond acceptors (Lipinski definition) is 5. The van der Waals surface area contributed by atoms with Crippen molar-refractivity contribution in [3.05, 3.63) is 75.2 Å². The highest BCUT2D eigenvalue weighted by Gasteiger charge is 2.30. The van der Waals surface area contributed by atoms with E-state index in [0.717, 1.165) is 16.5 Å². The molecule has 0 radical (unpaired) electrons. The van der Waals surface area contributed by atoms with E-state index >= 15 is 0 Å². The number of aliphatic hydroxyl groups is 1. The van der Waals surface area contributed by atoms with Crippen LogP contribution in [0.4, 0.5) is 0 Å². The smallest absolute Gasteiger partial charge is 0.272 e. The van der Waals surface area contributed by atoms with Crippen LogP contribution in [-0.4, -0.2) is 63.8 Å². The number of rotatable bonds is 6. The molecule has 0 spiro atoms. The molecule has 4 aromatic rings. The number of para-hydroxylation sites is 1. The molecule has 2 amide bonds. The average Bonchev–Trinajstić information content (AvgIpc) is 3.24. The fourth-order valence-corrected chi connectivity index (χ4v) is 5.46. The fourth-order valence-electron chi connectivity index (χ4n) is 5.34. The number of fused-ring (bicyclic) bond motifs is 3. The van der Waals surface area contributed by atoms with Crippen molar-refractivity contribution >= 4 is 45.2 Å². The van der Waals surface area contributed by atoms with Gasteiger partial charge in [0.15, 0.2) is 11.4 Å². The molecule has 0 atom stereocenters. The predicted octanol–water partition coefficient (Wildman–Crippen LogP) is 2.92. The zero-order valence-corrected chi connectivity index (χ0v) is 22.0. The van der Waals surface area contributed by atoms with Crippen molar-refractivity contribution in [2.75, 3.05) is 26.8 Å². The summed E-state index contributed by atoms with van der Waals surface area (Å²) in [5.74, 6) is -0.430. The van der Waals surface area contributed by atoms with Crippen molar-refractivity contribution in [1.29, 1.82) is 0 Å². The van der Waals surface area contributed by atoms with Crippen molar-refractivity contribution in [1.82, 2.24) is 19.4 Å². The number of likely N-dealkylation sites (tertiary alicyclic amines) is 1. The number of aromatic nitrogens is 2. The molecule has 0 aliphatic carbocycles. The summed E-state index contributed by atoms with van der Waals surface area (Å²) < 4.78 is 9.13. The van der Waals surface area contributed by atoms with Crippen molar-refractivity contribution in [2.45, 2.75) is 25.4 Å². The highest BCUT2D eigenvalue weighted by atomic mass is 35.5. The Bertz CT molecular complexity index is 1580. The van der Waals surface area contributed by atoms with Gasteiger partial charge in [0, 0.05) is 36.6 Å². The van der Waals surface area contributed by atoms with E-state index in [9.17, 15) is 14.4 Å². The molecule has 1 fully saturated rings. The Kier molecular flexibility index (Phi) is 7.14. The van der Waals surface area contributed by atoms with Gasteiger partial charge in [0.2, 0.25) is 5.91 Å². The van der Waals surface area contributed by atoms with Crippen LogP contribution < -0.4 is 15.6 Å². The lowest BCUT2D eigenvalue weighted by Crippen LogP contribution is -2.47. The minimum absolute atomic E-state index is 0.147. The molecule has 1 aliphatic heterocycles. The Hall–Kier alpha value is -3.82. The molecule has 9 nitrogen and oxygen atoms in total. The van der Waals surface area contributed by atoms with E-state index < -0.39 is 6.61 Å². The van der Waals surface area contributed by atoms with Gasteiger partial charge in [-0.25, -0.2) is 0 Å². The van der Waals surface area contributed by atoms with Crippen LogP contribution >= 0.6 is 11.6 Å².